The lowest BCUT2D eigenvalue weighted by molar-refractivity contribution is -0.118. The summed E-state index contributed by atoms with van der Waals surface area (Å²) in [5, 5.41) is 13.5. The Kier molecular flexibility index (Phi) is 8.61. The molecule has 0 saturated carbocycles. The predicted molar refractivity (Wildman–Crippen MR) is 146 cm³/mol. The van der Waals surface area contributed by atoms with Crippen molar-refractivity contribution in [3.8, 4) is 5.69 Å². The molecule has 2 aromatic carbocycles. The molecule has 0 saturated heterocycles. The number of hydrogen-bond acceptors (Lipinski definition) is 7. The topological polar surface area (TPSA) is 110 Å². The Morgan fingerprint density at radius 2 is 2.08 bits per heavy atom. The Morgan fingerprint density at radius 3 is 2.88 bits per heavy atom. The van der Waals surface area contributed by atoms with Crippen molar-refractivity contribution < 1.29 is 18.1 Å². The molecule has 5 rings (SSSR count). The molecule has 11 heteroatoms. The van der Waals surface area contributed by atoms with E-state index in [1.807, 2.05) is 35.8 Å². The van der Waals surface area contributed by atoms with Crippen LogP contribution in [0, 0.1) is 18.6 Å². The standard InChI is InChI=1S/C29H33F2N7O2/c1-3-6-25(35-22-10-9-19-11-21(30)12-24(31)23(19)13-22)29(39)36-27-16-38(17-33-27)26-8-5-4-7-20(26)14-32-15-28-34-18(2)37-40-28/h4-5,7-8,11-12,16-17,22,25,32,35H,3,6,9-10,13-15H2,1-2H3,(H,36,39)/t22?,25-/m0/s1. The van der Waals surface area contributed by atoms with Crippen molar-refractivity contribution in [3.63, 3.8) is 0 Å². The number of amides is 1. The molecular formula is C29H33F2N7O2. The fourth-order valence-corrected chi connectivity index (χ4v) is 5.15. The summed E-state index contributed by atoms with van der Waals surface area (Å²) in [7, 11) is 0. The molecular weight excluding hydrogens is 516 g/mol. The van der Waals surface area contributed by atoms with Crippen molar-refractivity contribution in [2.45, 2.75) is 71.1 Å². The van der Waals surface area contributed by atoms with Crippen LogP contribution in [0.15, 0.2) is 53.4 Å². The molecule has 1 unspecified atom stereocenters. The molecule has 2 aromatic heterocycles. The number of anilines is 1. The minimum Gasteiger partial charge on any atom is -0.338 e. The number of aryl methyl sites for hydroxylation is 2. The molecule has 2 heterocycles. The van der Waals surface area contributed by atoms with Crippen molar-refractivity contribution in [2.24, 2.45) is 0 Å². The van der Waals surface area contributed by atoms with Crippen LogP contribution in [0.5, 0.6) is 0 Å². The summed E-state index contributed by atoms with van der Waals surface area (Å²) in [5.74, 6) is 0.284. The first-order valence-electron chi connectivity index (χ1n) is 13.6. The molecule has 1 amide bonds. The lowest BCUT2D eigenvalue weighted by atomic mass is 9.87. The van der Waals surface area contributed by atoms with Gasteiger partial charge in [-0.15, -0.1) is 0 Å². The monoisotopic (exact) mass is 549 g/mol. The highest BCUT2D eigenvalue weighted by atomic mass is 19.1. The van der Waals surface area contributed by atoms with Crippen LogP contribution in [0.3, 0.4) is 0 Å². The first-order valence-corrected chi connectivity index (χ1v) is 13.6. The minimum absolute atomic E-state index is 0.0808. The summed E-state index contributed by atoms with van der Waals surface area (Å²) in [6.45, 7) is 4.80. The highest BCUT2D eigenvalue weighted by Gasteiger charge is 2.27. The molecule has 0 fully saturated rings. The summed E-state index contributed by atoms with van der Waals surface area (Å²) < 4.78 is 35.0. The predicted octanol–water partition coefficient (Wildman–Crippen LogP) is 4.39. The van der Waals surface area contributed by atoms with Crippen LogP contribution in [0.25, 0.3) is 5.69 Å². The van der Waals surface area contributed by atoms with Crippen LogP contribution in [-0.4, -0.2) is 37.7 Å². The van der Waals surface area contributed by atoms with Gasteiger partial charge in [-0.1, -0.05) is 36.7 Å². The second kappa shape index (κ2) is 12.5. The molecule has 3 N–H and O–H groups in total. The van der Waals surface area contributed by atoms with Gasteiger partial charge in [-0.05, 0) is 61.4 Å². The number of aromatic nitrogens is 4. The normalized spacial score (nSPS) is 15.6. The van der Waals surface area contributed by atoms with Gasteiger partial charge >= 0.3 is 0 Å². The number of nitrogens with one attached hydrogen (secondary N) is 3. The Labute approximate surface area is 231 Å². The van der Waals surface area contributed by atoms with Gasteiger partial charge in [0.2, 0.25) is 11.8 Å². The maximum atomic E-state index is 14.4. The maximum absolute atomic E-state index is 14.4. The molecule has 0 spiro atoms. The summed E-state index contributed by atoms with van der Waals surface area (Å²) in [6.07, 6.45) is 6.55. The van der Waals surface area contributed by atoms with Gasteiger partial charge in [0.25, 0.3) is 0 Å². The van der Waals surface area contributed by atoms with Crippen LogP contribution >= 0.6 is 0 Å². The first kappa shape index (κ1) is 27.6. The third-order valence-corrected chi connectivity index (χ3v) is 7.06. The SMILES string of the molecule is CCC[C@H](NC1CCc2cc(F)cc(F)c2C1)C(=O)Nc1cn(-c2ccccc2CNCc2nc(C)no2)cn1. The van der Waals surface area contributed by atoms with E-state index in [9.17, 15) is 13.6 Å². The van der Waals surface area contributed by atoms with Crippen LogP contribution in [-0.2, 0) is 30.7 Å². The van der Waals surface area contributed by atoms with Crippen molar-refractivity contribution in [1.29, 1.82) is 0 Å². The van der Waals surface area contributed by atoms with Gasteiger partial charge in [0.15, 0.2) is 11.6 Å². The molecule has 1 aliphatic carbocycles. The molecule has 40 heavy (non-hydrogen) atoms. The van der Waals surface area contributed by atoms with E-state index in [0.717, 1.165) is 23.7 Å². The fraction of sp³-hybridized carbons (Fsp3) is 0.379. The maximum Gasteiger partial charge on any atom is 0.242 e. The summed E-state index contributed by atoms with van der Waals surface area (Å²) in [4.78, 5) is 21.9. The van der Waals surface area contributed by atoms with Crippen LogP contribution in [0.4, 0.5) is 14.6 Å². The summed E-state index contributed by atoms with van der Waals surface area (Å²) >= 11 is 0. The summed E-state index contributed by atoms with van der Waals surface area (Å²) in [5.41, 5.74) is 3.19. The van der Waals surface area contributed by atoms with E-state index in [1.54, 1.807) is 19.4 Å². The van der Waals surface area contributed by atoms with Crippen LogP contribution in [0.2, 0.25) is 0 Å². The van der Waals surface area contributed by atoms with Gasteiger partial charge in [-0.25, -0.2) is 13.8 Å². The largest absolute Gasteiger partial charge is 0.338 e. The number of hydrogen-bond donors (Lipinski definition) is 3. The van der Waals surface area contributed by atoms with Crippen molar-refractivity contribution >= 4 is 11.7 Å². The Balaban J connectivity index is 1.21. The van der Waals surface area contributed by atoms with Crippen LogP contribution < -0.4 is 16.0 Å². The zero-order valence-corrected chi connectivity index (χ0v) is 22.6. The lowest BCUT2D eigenvalue weighted by Crippen LogP contribution is -2.48. The van der Waals surface area contributed by atoms with E-state index in [0.29, 0.717) is 67.4 Å². The summed E-state index contributed by atoms with van der Waals surface area (Å²) in [6, 6.07) is 9.69. The number of benzene rings is 2. The van der Waals surface area contributed by atoms with Crippen molar-refractivity contribution in [3.05, 3.63) is 89.0 Å². The number of carbonyl (C=O) groups excluding carboxylic acids is 1. The molecule has 4 aromatic rings. The Morgan fingerprint density at radius 1 is 1.23 bits per heavy atom. The van der Waals surface area contributed by atoms with Gasteiger partial charge in [0.05, 0.1) is 24.5 Å². The molecule has 1 aliphatic rings. The minimum atomic E-state index is -0.553. The molecule has 0 bridgehead atoms. The van der Waals surface area contributed by atoms with Gasteiger partial charge < -0.3 is 25.0 Å². The number of nitrogens with zero attached hydrogens (tertiary/aromatic N) is 4. The Hall–Kier alpha value is -3.96. The molecule has 0 aliphatic heterocycles. The molecule has 2 atom stereocenters. The fourth-order valence-electron chi connectivity index (χ4n) is 5.15. The van der Waals surface area contributed by atoms with E-state index in [-0.39, 0.29) is 11.9 Å². The van der Waals surface area contributed by atoms with Crippen molar-refractivity contribution in [2.75, 3.05) is 5.32 Å². The Bertz CT molecular complexity index is 1470. The highest BCUT2D eigenvalue weighted by molar-refractivity contribution is 5.94. The van der Waals surface area contributed by atoms with Gasteiger partial charge in [0, 0.05) is 18.7 Å². The zero-order chi connectivity index (χ0) is 28.1. The van der Waals surface area contributed by atoms with E-state index < -0.39 is 17.7 Å². The van der Waals surface area contributed by atoms with E-state index in [2.05, 4.69) is 31.1 Å². The van der Waals surface area contributed by atoms with Crippen molar-refractivity contribution in [1.82, 2.24) is 30.3 Å². The third-order valence-electron chi connectivity index (χ3n) is 7.06. The number of halogens is 2. The number of rotatable bonds is 11. The average molecular weight is 550 g/mol. The third kappa shape index (κ3) is 6.60. The van der Waals surface area contributed by atoms with Gasteiger partial charge in [-0.2, -0.15) is 4.98 Å². The van der Waals surface area contributed by atoms with E-state index >= 15 is 0 Å². The quantitative estimate of drug-likeness (QED) is 0.255. The smallest absolute Gasteiger partial charge is 0.242 e. The van der Waals surface area contributed by atoms with Gasteiger partial charge in [-0.3, -0.25) is 4.79 Å². The second-order valence-electron chi connectivity index (χ2n) is 10.1. The van der Waals surface area contributed by atoms with E-state index in [4.69, 9.17) is 4.52 Å². The van der Waals surface area contributed by atoms with Crippen LogP contribution in [0.1, 0.15) is 54.6 Å². The lowest BCUT2D eigenvalue weighted by Gasteiger charge is -2.29. The van der Waals surface area contributed by atoms with Gasteiger partial charge in [0.1, 0.15) is 18.0 Å². The zero-order valence-electron chi connectivity index (χ0n) is 22.6. The molecule has 210 valence electrons. The first-order chi connectivity index (χ1) is 19.4. The second-order valence-corrected chi connectivity index (χ2v) is 10.1. The molecule has 9 nitrogen and oxygen atoms in total. The molecule has 0 radical (unpaired) electrons. The number of imidazole rings is 1. The number of para-hydroxylation sites is 1. The highest BCUT2D eigenvalue weighted by Crippen LogP contribution is 2.26. The average Bonchev–Trinajstić information content (AvgIpc) is 3.57. The number of carbonyl (C=O) groups is 1. The van der Waals surface area contributed by atoms with E-state index in [1.165, 1.54) is 6.07 Å². The number of fused-ring (bicyclic) bond motifs is 1.